The SMILES string of the molecule is CC1=C[C@H](C(C)(C)C)OC1=O. The number of rotatable bonds is 0. The molecule has 0 unspecified atom stereocenters. The van der Waals surface area contributed by atoms with E-state index >= 15 is 0 Å². The molecule has 0 amide bonds. The summed E-state index contributed by atoms with van der Waals surface area (Å²) in [4.78, 5) is 10.9. The Hall–Kier alpha value is -0.790. The van der Waals surface area contributed by atoms with Crippen LogP contribution in [-0.2, 0) is 9.53 Å². The molecule has 2 nitrogen and oxygen atoms in total. The molecule has 0 N–H and O–H groups in total. The number of cyclic esters (lactones) is 1. The van der Waals surface area contributed by atoms with Crippen LogP contribution in [0.4, 0.5) is 0 Å². The smallest absolute Gasteiger partial charge is 0.334 e. The van der Waals surface area contributed by atoms with Crippen molar-refractivity contribution in [2.24, 2.45) is 5.41 Å². The molecule has 1 aliphatic rings. The first-order chi connectivity index (χ1) is 4.91. The normalized spacial score (nSPS) is 24.9. The summed E-state index contributed by atoms with van der Waals surface area (Å²) < 4.78 is 5.11. The highest BCUT2D eigenvalue weighted by atomic mass is 16.5. The average Bonchev–Trinajstić information content (AvgIpc) is 2.11. The van der Waals surface area contributed by atoms with Crippen LogP contribution in [0.25, 0.3) is 0 Å². The minimum absolute atomic E-state index is 0.0212. The Bertz CT molecular complexity index is 208. The van der Waals surface area contributed by atoms with Crippen LogP contribution in [0.3, 0.4) is 0 Å². The van der Waals surface area contributed by atoms with Crippen molar-refractivity contribution in [3.05, 3.63) is 11.6 Å². The van der Waals surface area contributed by atoms with Crippen molar-refractivity contribution in [1.82, 2.24) is 0 Å². The Morgan fingerprint density at radius 3 is 2.18 bits per heavy atom. The molecule has 11 heavy (non-hydrogen) atoms. The number of hydrogen-bond donors (Lipinski definition) is 0. The third-order valence-corrected chi connectivity index (χ3v) is 1.81. The summed E-state index contributed by atoms with van der Waals surface area (Å²) in [6, 6.07) is 0. The first-order valence-electron chi connectivity index (χ1n) is 3.80. The Balaban J connectivity index is 2.76. The minimum atomic E-state index is -0.176. The molecule has 0 saturated carbocycles. The summed E-state index contributed by atoms with van der Waals surface area (Å²) in [5, 5.41) is 0. The van der Waals surface area contributed by atoms with Crippen LogP contribution >= 0.6 is 0 Å². The third-order valence-electron chi connectivity index (χ3n) is 1.81. The van der Waals surface area contributed by atoms with Crippen molar-refractivity contribution in [1.29, 1.82) is 0 Å². The second-order valence-corrected chi connectivity index (χ2v) is 4.04. The summed E-state index contributed by atoms with van der Waals surface area (Å²) in [6.45, 7) is 7.95. The van der Waals surface area contributed by atoms with Crippen LogP contribution in [0.2, 0.25) is 0 Å². The van der Waals surface area contributed by atoms with Crippen molar-refractivity contribution in [2.75, 3.05) is 0 Å². The summed E-state index contributed by atoms with van der Waals surface area (Å²) in [7, 11) is 0. The summed E-state index contributed by atoms with van der Waals surface area (Å²) in [5.41, 5.74) is 0.748. The maximum Gasteiger partial charge on any atom is 0.334 e. The zero-order chi connectivity index (χ0) is 8.65. The molecular formula is C9H14O2. The van der Waals surface area contributed by atoms with E-state index in [-0.39, 0.29) is 17.5 Å². The molecule has 0 aromatic rings. The van der Waals surface area contributed by atoms with Gasteiger partial charge in [0.2, 0.25) is 0 Å². The van der Waals surface area contributed by atoms with Gasteiger partial charge in [-0.05, 0) is 13.0 Å². The van der Waals surface area contributed by atoms with Crippen LogP contribution in [0.1, 0.15) is 27.7 Å². The molecule has 0 fully saturated rings. The number of hydrogen-bond acceptors (Lipinski definition) is 2. The van der Waals surface area contributed by atoms with E-state index in [4.69, 9.17) is 4.74 Å². The number of ether oxygens (including phenoxy) is 1. The third kappa shape index (κ3) is 1.62. The second-order valence-electron chi connectivity index (χ2n) is 4.04. The zero-order valence-electron chi connectivity index (χ0n) is 7.47. The lowest BCUT2D eigenvalue weighted by molar-refractivity contribution is -0.143. The van der Waals surface area contributed by atoms with Crippen molar-refractivity contribution in [3.8, 4) is 0 Å². The maximum absolute atomic E-state index is 10.9. The van der Waals surface area contributed by atoms with Gasteiger partial charge in [0, 0.05) is 11.0 Å². The molecule has 0 aromatic carbocycles. The molecule has 1 rings (SSSR count). The molecule has 0 spiro atoms. The molecule has 0 bridgehead atoms. The lowest BCUT2D eigenvalue weighted by Gasteiger charge is -2.23. The molecule has 1 heterocycles. The van der Waals surface area contributed by atoms with E-state index in [1.807, 2.05) is 6.08 Å². The molecule has 0 aliphatic carbocycles. The van der Waals surface area contributed by atoms with E-state index in [0.29, 0.717) is 0 Å². The van der Waals surface area contributed by atoms with E-state index in [0.717, 1.165) is 5.57 Å². The van der Waals surface area contributed by atoms with Crippen LogP contribution in [0.5, 0.6) is 0 Å². The average molecular weight is 154 g/mol. The number of carbonyl (C=O) groups excluding carboxylic acids is 1. The van der Waals surface area contributed by atoms with Gasteiger partial charge in [-0.3, -0.25) is 0 Å². The van der Waals surface area contributed by atoms with Gasteiger partial charge in [0.25, 0.3) is 0 Å². The molecule has 62 valence electrons. The summed E-state index contributed by atoms with van der Waals surface area (Å²) in [6.07, 6.45) is 1.84. The van der Waals surface area contributed by atoms with Crippen molar-refractivity contribution in [2.45, 2.75) is 33.8 Å². The quantitative estimate of drug-likeness (QED) is 0.498. The standard InChI is InChI=1S/C9H14O2/c1-6-5-7(9(2,3)4)11-8(6)10/h5,7H,1-4H3/t7-/m1/s1. The van der Waals surface area contributed by atoms with Crippen molar-refractivity contribution < 1.29 is 9.53 Å². The predicted octanol–water partition coefficient (Wildman–Crippen LogP) is 1.90. The monoisotopic (exact) mass is 154 g/mol. The molecule has 1 atom stereocenters. The van der Waals surface area contributed by atoms with Gasteiger partial charge in [0.05, 0.1) is 0 Å². The van der Waals surface area contributed by atoms with E-state index in [2.05, 4.69) is 20.8 Å². The van der Waals surface area contributed by atoms with Gasteiger partial charge in [-0.2, -0.15) is 0 Å². The zero-order valence-corrected chi connectivity index (χ0v) is 7.47. The Kier molecular flexibility index (Phi) is 1.78. The Labute approximate surface area is 67.2 Å². The first kappa shape index (κ1) is 8.31. The molecule has 0 saturated heterocycles. The van der Waals surface area contributed by atoms with Crippen LogP contribution in [-0.4, -0.2) is 12.1 Å². The van der Waals surface area contributed by atoms with E-state index in [1.54, 1.807) is 6.92 Å². The lowest BCUT2D eigenvalue weighted by Crippen LogP contribution is -2.25. The number of carbonyl (C=O) groups is 1. The van der Waals surface area contributed by atoms with Gasteiger partial charge < -0.3 is 4.74 Å². The maximum atomic E-state index is 10.9. The van der Waals surface area contributed by atoms with Crippen LogP contribution in [0.15, 0.2) is 11.6 Å². The molecular weight excluding hydrogens is 140 g/mol. The van der Waals surface area contributed by atoms with Crippen molar-refractivity contribution >= 4 is 5.97 Å². The van der Waals surface area contributed by atoms with Gasteiger partial charge in [-0.15, -0.1) is 0 Å². The van der Waals surface area contributed by atoms with Crippen molar-refractivity contribution in [3.63, 3.8) is 0 Å². The highest BCUT2D eigenvalue weighted by molar-refractivity contribution is 5.90. The van der Waals surface area contributed by atoms with Crippen LogP contribution in [0, 0.1) is 5.41 Å². The highest BCUT2D eigenvalue weighted by Crippen LogP contribution is 2.28. The fraction of sp³-hybridized carbons (Fsp3) is 0.667. The van der Waals surface area contributed by atoms with Gasteiger partial charge in [0.1, 0.15) is 6.10 Å². The number of esters is 1. The lowest BCUT2D eigenvalue weighted by atomic mass is 9.89. The van der Waals surface area contributed by atoms with Gasteiger partial charge >= 0.3 is 5.97 Å². The van der Waals surface area contributed by atoms with E-state index in [1.165, 1.54) is 0 Å². The van der Waals surface area contributed by atoms with Crippen LogP contribution < -0.4 is 0 Å². The highest BCUT2D eigenvalue weighted by Gasteiger charge is 2.31. The summed E-state index contributed by atoms with van der Waals surface area (Å²) in [5.74, 6) is -0.176. The van der Waals surface area contributed by atoms with E-state index < -0.39 is 0 Å². The van der Waals surface area contributed by atoms with Gasteiger partial charge in [-0.1, -0.05) is 20.8 Å². The van der Waals surface area contributed by atoms with Gasteiger partial charge in [-0.25, -0.2) is 4.79 Å². The molecule has 0 radical (unpaired) electrons. The Morgan fingerprint density at radius 2 is 2.00 bits per heavy atom. The largest absolute Gasteiger partial charge is 0.454 e. The fourth-order valence-corrected chi connectivity index (χ4v) is 0.964. The topological polar surface area (TPSA) is 26.3 Å². The first-order valence-corrected chi connectivity index (χ1v) is 3.80. The summed E-state index contributed by atoms with van der Waals surface area (Å²) >= 11 is 0. The minimum Gasteiger partial charge on any atom is -0.454 e. The second kappa shape index (κ2) is 2.36. The fourth-order valence-electron chi connectivity index (χ4n) is 0.964. The molecule has 1 aliphatic heterocycles. The van der Waals surface area contributed by atoms with E-state index in [9.17, 15) is 4.79 Å². The Morgan fingerprint density at radius 1 is 1.45 bits per heavy atom. The van der Waals surface area contributed by atoms with Gasteiger partial charge in [0.15, 0.2) is 0 Å². The molecule has 0 aromatic heterocycles. The predicted molar refractivity (Wildman–Crippen MR) is 43.1 cm³/mol. The molecule has 2 heteroatoms.